The quantitative estimate of drug-likeness (QED) is 0.620. The molecule has 7 heteroatoms. The number of phenols is 1. The minimum atomic E-state index is -0.312. The molecule has 0 fully saturated rings. The Labute approximate surface area is 156 Å². The summed E-state index contributed by atoms with van der Waals surface area (Å²) in [6.45, 7) is 6.24. The molecule has 0 bridgehead atoms. The number of nitrogens with zero attached hydrogens (tertiary/aromatic N) is 2. The predicted molar refractivity (Wildman–Crippen MR) is 106 cm³/mol. The second-order valence-corrected chi connectivity index (χ2v) is 8.03. The summed E-state index contributed by atoms with van der Waals surface area (Å²) >= 11 is 1.44. The SMILES string of the molecule is Cn1nc(C(C)(C)C)cc1NC(=O)Nc1cc(-c2ccc(O)cc2)cs1. The Morgan fingerprint density at radius 1 is 1.12 bits per heavy atom. The summed E-state index contributed by atoms with van der Waals surface area (Å²) in [5, 5.41) is 22.2. The Balaban J connectivity index is 1.68. The first-order valence-corrected chi connectivity index (χ1v) is 9.11. The van der Waals surface area contributed by atoms with Gasteiger partial charge in [-0.1, -0.05) is 32.9 Å². The number of carbonyl (C=O) groups is 1. The number of phenolic OH excluding ortho intramolecular Hbond substituents is 1. The van der Waals surface area contributed by atoms with Crippen LogP contribution in [-0.2, 0) is 12.5 Å². The maximum absolute atomic E-state index is 12.3. The normalized spacial score (nSPS) is 11.4. The Hall–Kier alpha value is -2.80. The molecular formula is C19H22N4O2S. The van der Waals surface area contributed by atoms with Gasteiger partial charge in [-0.25, -0.2) is 4.79 Å². The van der Waals surface area contributed by atoms with Gasteiger partial charge >= 0.3 is 6.03 Å². The molecule has 3 rings (SSSR count). The van der Waals surface area contributed by atoms with Crippen LogP contribution in [0, 0.1) is 0 Å². The maximum atomic E-state index is 12.3. The van der Waals surface area contributed by atoms with E-state index >= 15 is 0 Å². The molecule has 26 heavy (non-hydrogen) atoms. The van der Waals surface area contributed by atoms with Crippen LogP contribution in [-0.4, -0.2) is 20.9 Å². The average molecular weight is 370 g/mol. The molecule has 0 unspecified atom stereocenters. The fraction of sp³-hybridized carbons (Fsp3) is 0.263. The van der Waals surface area contributed by atoms with Gasteiger partial charge in [-0.2, -0.15) is 5.10 Å². The summed E-state index contributed by atoms with van der Waals surface area (Å²) in [6, 6.07) is 10.4. The van der Waals surface area contributed by atoms with Crippen LogP contribution in [0.1, 0.15) is 26.5 Å². The molecule has 3 N–H and O–H groups in total. The lowest BCUT2D eigenvalue weighted by Crippen LogP contribution is -2.20. The molecule has 0 saturated heterocycles. The van der Waals surface area contributed by atoms with Gasteiger partial charge in [0.15, 0.2) is 0 Å². The van der Waals surface area contributed by atoms with Crippen LogP contribution in [0.2, 0.25) is 0 Å². The van der Waals surface area contributed by atoms with Crippen molar-refractivity contribution < 1.29 is 9.90 Å². The molecule has 2 heterocycles. The van der Waals surface area contributed by atoms with Crippen molar-refractivity contribution in [1.82, 2.24) is 9.78 Å². The molecule has 0 aliphatic rings. The Morgan fingerprint density at radius 2 is 1.81 bits per heavy atom. The second kappa shape index (κ2) is 6.84. The maximum Gasteiger partial charge on any atom is 0.325 e. The number of aromatic nitrogens is 2. The molecule has 3 aromatic rings. The third kappa shape index (κ3) is 4.05. The number of hydrogen-bond donors (Lipinski definition) is 3. The Kier molecular flexibility index (Phi) is 4.73. The van der Waals surface area contributed by atoms with Gasteiger partial charge < -0.3 is 5.11 Å². The number of carbonyl (C=O) groups excluding carboxylic acids is 1. The molecule has 0 radical (unpaired) electrons. The van der Waals surface area contributed by atoms with Crippen LogP contribution >= 0.6 is 11.3 Å². The van der Waals surface area contributed by atoms with Crippen LogP contribution in [0.4, 0.5) is 15.6 Å². The summed E-state index contributed by atoms with van der Waals surface area (Å²) in [4.78, 5) is 12.3. The van der Waals surface area contributed by atoms with Crippen molar-refractivity contribution in [3.63, 3.8) is 0 Å². The first kappa shape index (κ1) is 18.0. The summed E-state index contributed by atoms with van der Waals surface area (Å²) in [7, 11) is 1.80. The minimum absolute atomic E-state index is 0.0824. The molecule has 2 amide bonds. The van der Waals surface area contributed by atoms with Crippen LogP contribution in [0.25, 0.3) is 11.1 Å². The Bertz CT molecular complexity index is 920. The molecule has 0 aliphatic carbocycles. The van der Waals surface area contributed by atoms with E-state index in [1.165, 1.54) is 11.3 Å². The molecule has 0 aliphatic heterocycles. The number of aromatic hydroxyl groups is 1. The van der Waals surface area contributed by atoms with E-state index in [-0.39, 0.29) is 17.2 Å². The summed E-state index contributed by atoms with van der Waals surface area (Å²) in [6.07, 6.45) is 0. The number of amides is 2. The van der Waals surface area contributed by atoms with Crippen molar-refractivity contribution in [2.75, 3.05) is 10.6 Å². The van der Waals surface area contributed by atoms with E-state index in [0.717, 1.165) is 21.8 Å². The zero-order valence-electron chi connectivity index (χ0n) is 15.2. The fourth-order valence-electron chi connectivity index (χ4n) is 2.42. The van der Waals surface area contributed by atoms with E-state index in [4.69, 9.17) is 0 Å². The molecule has 0 atom stereocenters. The number of rotatable bonds is 3. The lowest BCUT2D eigenvalue weighted by Gasteiger charge is -2.13. The van der Waals surface area contributed by atoms with Gasteiger partial charge in [0.25, 0.3) is 0 Å². The molecule has 6 nitrogen and oxygen atoms in total. The molecule has 2 aromatic heterocycles. The van der Waals surface area contributed by atoms with Gasteiger partial charge in [0.2, 0.25) is 0 Å². The Morgan fingerprint density at radius 3 is 2.42 bits per heavy atom. The van der Waals surface area contributed by atoms with Crippen molar-refractivity contribution in [1.29, 1.82) is 0 Å². The van der Waals surface area contributed by atoms with Gasteiger partial charge in [0.05, 0.1) is 10.7 Å². The average Bonchev–Trinajstić information content (AvgIpc) is 3.15. The van der Waals surface area contributed by atoms with Crippen molar-refractivity contribution in [3.8, 4) is 16.9 Å². The van der Waals surface area contributed by atoms with E-state index in [0.29, 0.717) is 5.82 Å². The molecular weight excluding hydrogens is 348 g/mol. The van der Waals surface area contributed by atoms with E-state index in [2.05, 4.69) is 36.5 Å². The third-order valence-electron chi connectivity index (χ3n) is 3.93. The van der Waals surface area contributed by atoms with Crippen molar-refractivity contribution in [2.45, 2.75) is 26.2 Å². The zero-order chi connectivity index (χ0) is 18.9. The largest absolute Gasteiger partial charge is 0.508 e. The third-order valence-corrected chi connectivity index (χ3v) is 4.77. The monoisotopic (exact) mass is 370 g/mol. The van der Waals surface area contributed by atoms with E-state index < -0.39 is 0 Å². The highest BCUT2D eigenvalue weighted by molar-refractivity contribution is 7.14. The standard InChI is InChI=1S/C19H22N4O2S/c1-19(2,3)15-10-16(23(4)22-15)20-18(25)21-17-9-13(11-26-17)12-5-7-14(24)8-6-12/h5-11,24H,1-4H3,(H2,20,21,25). The minimum Gasteiger partial charge on any atom is -0.508 e. The van der Waals surface area contributed by atoms with Crippen LogP contribution < -0.4 is 10.6 Å². The number of thiophene rings is 1. The van der Waals surface area contributed by atoms with Crippen LogP contribution in [0.3, 0.4) is 0 Å². The van der Waals surface area contributed by atoms with E-state index in [9.17, 15) is 9.90 Å². The van der Waals surface area contributed by atoms with E-state index in [1.54, 1.807) is 23.9 Å². The van der Waals surface area contributed by atoms with Gasteiger partial charge in [0, 0.05) is 23.9 Å². The van der Waals surface area contributed by atoms with Gasteiger partial charge in [-0.05, 0) is 29.3 Å². The predicted octanol–water partition coefficient (Wildman–Crippen LogP) is 4.80. The molecule has 136 valence electrons. The smallest absolute Gasteiger partial charge is 0.325 e. The molecule has 0 spiro atoms. The highest BCUT2D eigenvalue weighted by Gasteiger charge is 2.19. The van der Waals surface area contributed by atoms with Gasteiger partial charge in [-0.3, -0.25) is 15.3 Å². The lowest BCUT2D eigenvalue weighted by atomic mass is 9.92. The fourth-order valence-corrected chi connectivity index (χ4v) is 3.22. The highest BCUT2D eigenvalue weighted by Crippen LogP contribution is 2.30. The topological polar surface area (TPSA) is 79.2 Å². The number of anilines is 2. The van der Waals surface area contributed by atoms with Crippen LogP contribution in [0.15, 0.2) is 41.8 Å². The molecule has 1 aromatic carbocycles. The summed E-state index contributed by atoms with van der Waals surface area (Å²) in [5.74, 6) is 0.871. The number of aryl methyl sites for hydroxylation is 1. The van der Waals surface area contributed by atoms with Crippen molar-refractivity contribution in [3.05, 3.63) is 47.5 Å². The lowest BCUT2D eigenvalue weighted by molar-refractivity contribution is 0.262. The number of urea groups is 1. The van der Waals surface area contributed by atoms with Gasteiger partial charge in [-0.15, -0.1) is 11.3 Å². The second-order valence-electron chi connectivity index (χ2n) is 7.11. The summed E-state index contributed by atoms with van der Waals surface area (Å²) in [5.41, 5.74) is 2.80. The van der Waals surface area contributed by atoms with E-state index in [1.807, 2.05) is 29.6 Å². The van der Waals surface area contributed by atoms with Crippen LogP contribution in [0.5, 0.6) is 5.75 Å². The number of benzene rings is 1. The first-order chi connectivity index (χ1) is 12.2. The zero-order valence-corrected chi connectivity index (χ0v) is 16.0. The summed E-state index contributed by atoms with van der Waals surface area (Å²) < 4.78 is 1.66. The van der Waals surface area contributed by atoms with Crippen molar-refractivity contribution >= 4 is 28.2 Å². The number of hydrogen-bond acceptors (Lipinski definition) is 4. The first-order valence-electron chi connectivity index (χ1n) is 8.23. The van der Waals surface area contributed by atoms with Gasteiger partial charge in [0.1, 0.15) is 11.6 Å². The molecule has 0 saturated carbocycles. The highest BCUT2D eigenvalue weighted by atomic mass is 32.1. The van der Waals surface area contributed by atoms with Crippen molar-refractivity contribution in [2.24, 2.45) is 7.05 Å². The number of nitrogens with one attached hydrogen (secondary N) is 2.